The molecule has 13 heavy (non-hydrogen) atoms. The van der Waals surface area contributed by atoms with Crippen molar-refractivity contribution in [3.05, 3.63) is 23.8 Å². The molecule has 1 aliphatic heterocycles. The van der Waals surface area contributed by atoms with E-state index in [0.29, 0.717) is 6.54 Å². The zero-order valence-electron chi connectivity index (χ0n) is 6.79. The van der Waals surface area contributed by atoms with Gasteiger partial charge in [-0.05, 0) is 17.2 Å². The van der Waals surface area contributed by atoms with Crippen molar-refractivity contribution < 1.29 is 4.79 Å². The van der Waals surface area contributed by atoms with Crippen molar-refractivity contribution in [2.45, 2.75) is 0 Å². The van der Waals surface area contributed by atoms with Gasteiger partial charge in [-0.2, -0.15) is 5.10 Å². The molecule has 0 aromatic rings. The normalized spacial score (nSPS) is 17.2. The minimum Gasteiger partial charge on any atom is -0.331 e. The summed E-state index contributed by atoms with van der Waals surface area (Å²) in [4.78, 5) is 10.7. The lowest BCUT2D eigenvalue weighted by molar-refractivity contribution is 0.241. The summed E-state index contributed by atoms with van der Waals surface area (Å²) in [5.74, 6) is 0. The summed E-state index contributed by atoms with van der Waals surface area (Å²) >= 11 is 0. The van der Waals surface area contributed by atoms with Crippen LogP contribution in [0.1, 0.15) is 5.56 Å². The predicted octanol–water partition coefficient (Wildman–Crippen LogP) is 0.684. The smallest absolute Gasteiger partial charge is 0.331 e. The Balaban J connectivity index is 1.93. The number of urea groups is 1. The van der Waals surface area contributed by atoms with Gasteiger partial charge in [0.15, 0.2) is 0 Å². The zero-order chi connectivity index (χ0) is 8.84. The van der Waals surface area contributed by atoms with E-state index in [9.17, 15) is 4.79 Å². The van der Waals surface area contributed by atoms with Gasteiger partial charge in [0, 0.05) is 5.56 Å². The number of benzene rings is 1. The molecule has 4 nitrogen and oxygen atoms in total. The number of fused-ring (bicyclic) bond motifs is 1. The average Bonchev–Trinajstić information content (AvgIpc) is 2.12. The third kappa shape index (κ3) is 0.796. The van der Waals surface area contributed by atoms with Gasteiger partial charge in [0.1, 0.15) is 0 Å². The quantitative estimate of drug-likeness (QED) is 0.654. The van der Waals surface area contributed by atoms with E-state index in [-0.39, 0.29) is 6.03 Å². The van der Waals surface area contributed by atoms with E-state index in [4.69, 9.17) is 0 Å². The van der Waals surface area contributed by atoms with Gasteiger partial charge in [-0.15, -0.1) is 0 Å². The molecule has 3 rings (SSSR count). The van der Waals surface area contributed by atoms with E-state index < -0.39 is 0 Å². The Bertz CT molecular complexity index is 436. The van der Waals surface area contributed by atoms with Crippen molar-refractivity contribution in [1.29, 1.82) is 0 Å². The summed E-state index contributed by atoms with van der Waals surface area (Å²) in [5, 5.41) is 6.64. The largest absolute Gasteiger partial charge is 0.335 e. The standard InChI is InChI=1S/C9H7N3O/c13-9-10-4-8(11-12-9)7-3-5-1-2-6(5)7/h1-3H,4H2,(H2,10,12,13). The summed E-state index contributed by atoms with van der Waals surface area (Å²) in [6.45, 7) is 0.516. The van der Waals surface area contributed by atoms with Crippen molar-refractivity contribution in [3.8, 4) is 11.1 Å². The topological polar surface area (TPSA) is 53.5 Å². The number of rotatable bonds is 1. The van der Waals surface area contributed by atoms with Crippen LogP contribution >= 0.6 is 0 Å². The molecule has 0 fully saturated rings. The number of nitrogens with zero attached hydrogens (tertiary/aromatic N) is 1. The first-order chi connectivity index (χ1) is 6.34. The summed E-state index contributed by atoms with van der Waals surface area (Å²) in [7, 11) is 0. The highest BCUT2D eigenvalue weighted by molar-refractivity contribution is 6.13. The second-order valence-electron chi connectivity index (χ2n) is 3.11. The molecule has 4 heteroatoms. The van der Waals surface area contributed by atoms with Crippen molar-refractivity contribution in [3.63, 3.8) is 0 Å². The average molecular weight is 173 g/mol. The van der Waals surface area contributed by atoms with E-state index in [2.05, 4.69) is 34.0 Å². The van der Waals surface area contributed by atoms with Crippen LogP contribution in [0.15, 0.2) is 23.3 Å². The SMILES string of the molecule is O=C1NCC(c2cc3ccc2-3)=NN1. The van der Waals surface area contributed by atoms with Crippen LogP contribution in [-0.4, -0.2) is 18.3 Å². The molecule has 0 aromatic heterocycles. The van der Waals surface area contributed by atoms with Crippen LogP contribution in [0.5, 0.6) is 0 Å². The molecule has 0 spiro atoms. The maximum atomic E-state index is 10.7. The minimum atomic E-state index is -0.234. The first-order valence-corrected chi connectivity index (χ1v) is 4.10. The lowest BCUT2D eigenvalue weighted by atomic mass is 9.84. The van der Waals surface area contributed by atoms with Gasteiger partial charge in [-0.25, -0.2) is 10.2 Å². The molecule has 2 N–H and O–H groups in total. The Morgan fingerprint density at radius 3 is 2.69 bits per heavy atom. The predicted molar refractivity (Wildman–Crippen MR) is 48.5 cm³/mol. The van der Waals surface area contributed by atoms with E-state index in [1.807, 2.05) is 0 Å². The Hall–Kier alpha value is -1.84. The highest BCUT2D eigenvalue weighted by atomic mass is 16.2. The molecule has 0 bridgehead atoms. The monoisotopic (exact) mass is 173 g/mol. The molecule has 0 saturated carbocycles. The number of amides is 2. The van der Waals surface area contributed by atoms with Crippen LogP contribution in [0.4, 0.5) is 4.79 Å². The van der Waals surface area contributed by atoms with Gasteiger partial charge >= 0.3 is 6.03 Å². The van der Waals surface area contributed by atoms with E-state index in [0.717, 1.165) is 11.3 Å². The number of carbonyl (C=O) groups is 1. The lowest BCUT2D eigenvalue weighted by Crippen LogP contribution is -2.42. The summed E-state index contributed by atoms with van der Waals surface area (Å²) in [5.41, 5.74) is 6.99. The van der Waals surface area contributed by atoms with E-state index in [1.165, 1.54) is 11.1 Å². The maximum Gasteiger partial charge on any atom is 0.335 e. The van der Waals surface area contributed by atoms with Crippen LogP contribution in [0.3, 0.4) is 0 Å². The van der Waals surface area contributed by atoms with E-state index >= 15 is 0 Å². The first-order valence-electron chi connectivity index (χ1n) is 4.10. The van der Waals surface area contributed by atoms with Gasteiger partial charge in [0.25, 0.3) is 0 Å². The van der Waals surface area contributed by atoms with E-state index in [1.54, 1.807) is 0 Å². The Morgan fingerprint density at radius 2 is 2.23 bits per heavy atom. The van der Waals surface area contributed by atoms with Crippen molar-refractivity contribution in [2.75, 3.05) is 6.54 Å². The van der Waals surface area contributed by atoms with Gasteiger partial charge in [-0.1, -0.05) is 12.1 Å². The molecular formula is C9H7N3O. The van der Waals surface area contributed by atoms with Gasteiger partial charge in [-0.3, -0.25) is 0 Å². The van der Waals surface area contributed by atoms with Gasteiger partial charge in [0.2, 0.25) is 0 Å². The number of carbonyl (C=O) groups excluding carboxylic acids is 1. The Labute approximate surface area is 74.6 Å². The molecule has 2 aliphatic carbocycles. The van der Waals surface area contributed by atoms with Crippen molar-refractivity contribution in [1.82, 2.24) is 10.7 Å². The molecular weight excluding hydrogens is 166 g/mol. The molecule has 0 aromatic carbocycles. The summed E-state index contributed by atoms with van der Waals surface area (Å²) in [6.07, 6.45) is 0. The maximum absolute atomic E-state index is 10.7. The molecule has 2 amide bonds. The Kier molecular flexibility index (Phi) is 1.07. The van der Waals surface area contributed by atoms with Crippen LogP contribution < -0.4 is 10.7 Å². The second-order valence-corrected chi connectivity index (χ2v) is 3.11. The third-order valence-corrected chi connectivity index (χ3v) is 2.35. The minimum absolute atomic E-state index is 0.234. The summed E-state index contributed by atoms with van der Waals surface area (Å²) < 4.78 is 0. The van der Waals surface area contributed by atoms with Crippen LogP contribution in [-0.2, 0) is 0 Å². The molecule has 0 saturated heterocycles. The fourth-order valence-electron chi connectivity index (χ4n) is 1.55. The zero-order valence-corrected chi connectivity index (χ0v) is 6.79. The first kappa shape index (κ1) is 6.65. The summed E-state index contributed by atoms with van der Waals surface area (Å²) in [6, 6.07) is 5.97. The molecule has 64 valence electrons. The van der Waals surface area contributed by atoms with Crippen molar-refractivity contribution in [2.24, 2.45) is 5.10 Å². The highest BCUT2D eigenvalue weighted by Crippen LogP contribution is 2.36. The number of hydrogen-bond acceptors (Lipinski definition) is 2. The second kappa shape index (κ2) is 2.10. The number of hydrogen-bond donors (Lipinski definition) is 2. The van der Waals surface area contributed by atoms with Crippen LogP contribution in [0.2, 0.25) is 0 Å². The number of hydrazone groups is 1. The van der Waals surface area contributed by atoms with Crippen LogP contribution in [0.25, 0.3) is 11.1 Å². The molecule has 3 aliphatic rings. The van der Waals surface area contributed by atoms with Crippen LogP contribution in [0, 0.1) is 0 Å². The fourth-order valence-corrected chi connectivity index (χ4v) is 1.55. The molecule has 1 heterocycles. The third-order valence-electron chi connectivity index (χ3n) is 2.35. The van der Waals surface area contributed by atoms with Crippen molar-refractivity contribution >= 4 is 11.7 Å². The molecule has 0 radical (unpaired) electrons. The van der Waals surface area contributed by atoms with Gasteiger partial charge < -0.3 is 5.32 Å². The lowest BCUT2D eigenvalue weighted by Gasteiger charge is -2.24. The molecule has 0 atom stereocenters. The Morgan fingerprint density at radius 1 is 1.31 bits per heavy atom. The molecule has 0 unspecified atom stereocenters. The fraction of sp³-hybridized carbons (Fsp3) is 0.111. The van der Waals surface area contributed by atoms with Gasteiger partial charge in [0.05, 0.1) is 12.3 Å². The number of nitrogens with one attached hydrogen (secondary N) is 2. The highest BCUT2D eigenvalue weighted by Gasteiger charge is 2.22.